The second-order valence-electron chi connectivity index (χ2n) is 5.56. The molecule has 6 nitrogen and oxygen atoms in total. The second kappa shape index (κ2) is 7.25. The van der Waals surface area contributed by atoms with E-state index in [0.29, 0.717) is 26.2 Å². The Morgan fingerprint density at radius 2 is 2.39 bits per heavy atom. The van der Waals surface area contributed by atoms with Crippen molar-refractivity contribution in [3.63, 3.8) is 0 Å². The number of thiazole rings is 1. The highest BCUT2D eigenvalue weighted by Crippen LogP contribution is 2.26. The second-order valence-corrected chi connectivity index (χ2v) is 6.42. The lowest BCUT2D eigenvalue weighted by Crippen LogP contribution is -2.49. The van der Waals surface area contributed by atoms with Crippen LogP contribution in [0.4, 0.5) is 0 Å². The van der Waals surface area contributed by atoms with E-state index in [0.717, 1.165) is 22.2 Å². The van der Waals surface area contributed by atoms with E-state index in [4.69, 9.17) is 14.3 Å². The normalized spacial score (nSPS) is 18.3. The van der Waals surface area contributed by atoms with E-state index in [1.807, 2.05) is 24.4 Å². The van der Waals surface area contributed by atoms with Crippen molar-refractivity contribution < 1.29 is 19.1 Å². The van der Waals surface area contributed by atoms with Crippen molar-refractivity contribution in [1.29, 1.82) is 0 Å². The molecule has 1 fully saturated rings. The number of furan rings is 1. The maximum Gasteiger partial charge on any atom is 0.229 e. The summed E-state index contributed by atoms with van der Waals surface area (Å²) in [5.74, 6) is 1.60. The van der Waals surface area contributed by atoms with Crippen LogP contribution in [0.25, 0.3) is 10.8 Å². The first-order valence-corrected chi connectivity index (χ1v) is 8.54. The van der Waals surface area contributed by atoms with Crippen LogP contribution in [0.1, 0.15) is 17.9 Å². The molecule has 0 aliphatic carbocycles. The van der Waals surface area contributed by atoms with Crippen molar-refractivity contribution in [2.75, 3.05) is 26.4 Å². The predicted molar refractivity (Wildman–Crippen MR) is 86.3 cm³/mol. The lowest BCUT2D eigenvalue weighted by molar-refractivity contribution is -0.139. The number of aliphatic hydroxyl groups excluding tert-OH is 1. The Labute approximate surface area is 138 Å². The monoisotopic (exact) mass is 336 g/mol. The fourth-order valence-electron chi connectivity index (χ4n) is 2.68. The molecule has 1 aliphatic heterocycles. The van der Waals surface area contributed by atoms with Crippen molar-refractivity contribution in [1.82, 2.24) is 9.88 Å². The highest BCUT2D eigenvalue weighted by molar-refractivity contribution is 7.13. The Bertz CT molecular complexity index is 665. The number of nitrogens with zero attached hydrogens (tertiary/aromatic N) is 2. The molecule has 2 aromatic heterocycles. The number of morpholine rings is 1. The van der Waals surface area contributed by atoms with Gasteiger partial charge in [-0.3, -0.25) is 4.79 Å². The zero-order chi connectivity index (χ0) is 16.2. The number of ether oxygens (including phenoxy) is 1. The summed E-state index contributed by atoms with van der Waals surface area (Å²) in [6, 6.07) is 3.74. The minimum Gasteiger partial charge on any atom is -0.459 e. The fourth-order valence-corrected chi connectivity index (χ4v) is 3.46. The molecule has 23 heavy (non-hydrogen) atoms. The molecule has 1 amide bonds. The number of aromatic nitrogens is 1. The minimum absolute atomic E-state index is 0.0271. The highest BCUT2D eigenvalue weighted by Gasteiger charge is 2.27. The van der Waals surface area contributed by atoms with E-state index in [1.54, 1.807) is 4.90 Å². The smallest absolute Gasteiger partial charge is 0.229 e. The molecule has 1 saturated heterocycles. The number of hydrogen-bond acceptors (Lipinski definition) is 6. The van der Waals surface area contributed by atoms with Gasteiger partial charge in [0.05, 0.1) is 31.4 Å². The molecule has 3 heterocycles. The van der Waals surface area contributed by atoms with Crippen LogP contribution in [0, 0.1) is 6.92 Å². The third-order valence-electron chi connectivity index (χ3n) is 3.85. The summed E-state index contributed by atoms with van der Waals surface area (Å²) < 4.78 is 11.0. The summed E-state index contributed by atoms with van der Waals surface area (Å²) in [4.78, 5) is 18.8. The number of aryl methyl sites for hydroxylation is 1. The Kier molecular flexibility index (Phi) is 5.09. The zero-order valence-electron chi connectivity index (χ0n) is 13.0. The van der Waals surface area contributed by atoms with E-state index in [-0.39, 0.29) is 25.0 Å². The van der Waals surface area contributed by atoms with E-state index in [1.165, 1.54) is 11.3 Å². The van der Waals surface area contributed by atoms with Crippen LogP contribution < -0.4 is 0 Å². The fraction of sp³-hybridized carbons (Fsp3) is 0.500. The van der Waals surface area contributed by atoms with Crippen molar-refractivity contribution in [2.45, 2.75) is 25.8 Å². The SMILES string of the molecule is Cc1ccc(-c2nc(CC(=O)N3CCOCC3CCO)cs2)o1. The lowest BCUT2D eigenvalue weighted by atomic mass is 10.1. The molecule has 0 spiro atoms. The van der Waals surface area contributed by atoms with Gasteiger partial charge in [-0.1, -0.05) is 0 Å². The van der Waals surface area contributed by atoms with Gasteiger partial charge in [0, 0.05) is 18.5 Å². The first kappa shape index (κ1) is 16.2. The van der Waals surface area contributed by atoms with Crippen LogP contribution in [-0.4, -0.2) is 53.3 Å². The first-order valence-electron chi connectivity index (χ1n) is 7.66. The molecule has 7 heteroatoms. The van der Waals surface area contributed by atoms with Crippen molar-refractivity contribution in [3.05, 3.63) is 29.0 Å². The molecule has 0 radical (unpaired) electrons. The van der Waals surface area contributed by atoms with Crippen LogP contribution in [0.3, 0.4) is 0 Å². The lowest BCUT2D eigenvalue weighted by Gasteiger charge is -2.35. The zero-order valence-corrected chi connectivity index (χ0v) is 13.8. The number of hydrogen-bond donors (Lipinski definition) is 1. The number of rotatable bonds is 5. The number of aliphatic hydroxyl groups is 1. The molecule has 3 rings (SSSR count). The average molecular weight is 336 g/mol. The maximum atomic E-state index is 12.5. The summed E-state index contributed by atoms with van der Waals surface area (Å²) in [6.45, 7) is 3.54. The molecule has 1 atom stereocenters. The number of amides is 1. The Hall–Kier alpha value is -1.70. The summed E-state index contributed by atoms with van der Waals surface area (Å²) in [5, 5.41) is 11.8. The predicted octanol–water partition coefficient (Wildman–Crippen LogP) is 1.86. The Morgan fingerprint density at radius 3 is 3.13 bits per heavy atom. The topological polar surface area (TPSA) is 75.8 Å². The van der Waals surface area contributed by atoms with Crippen molar-refractivity contribution in [2.24, 2.45) is 0 Å². The molecule has 0 bridgehead atoms. The van der Waals surface area contributed by atoms with Crippen LogP contribution in [0.15, 0.2) is 21.9 Å². The van der Waals surface area contributed by atoms with E-state index >= 15 is 0 Å². The molecular formula is C16H20N2O4S. The van der Waals surface area contributed by atoms with Gasteiger partial charge >= 0.3 is 0 Å². The van der Waals surface area contributed by atoms with Gasteiger partial charge < -0.3 is 19.2 Å². The van der Waals surface area contributed by atoms with Gasteiger partial charge in [-0.25, -0.2) is 4.98 Å². The van der Waals surface area contributed by atoms with Gasteiger partial charge in [-0.15, -0.1) is 11.3 Å². The molecule has 2 aromatic rings. The Balaban J connectivity index is 1.66. The van der Waals surface area contributed by atoms with Gasteiger partial charge in [0.2, 0.25) is 5.91 Å². The average Bonchev–Trinajstić information content (AvgIpc) is 3.17. The standard InChI is InChI=1S/C16H20N2O4S/c1-11-2-3-14(22-11)16-17-12(10-23-16)8-15(20)18-5-7-21-9-13(18)4-6-19/h2-3,10,13,19H,4-9H2,1H3. The maximum absolute atomic E-state index is 12.5. The molecule has 1 unspecified atom stereocenters. The van der Waals surface area contributed by atoms with Crippen LogP contribution in [-0.2, 0) is 16.0 Å². The molecular weight excluding hydrogens is 316 g/mol. The third-order valence-corrected chi connectivity index (χ3v) is 4.75. The summed E-state index contributed by atoms with van der Waals surface area (Å²) >= 11 is 1.48. The summed E-state index contributed by atoms with van der Waals surface area (Å²) in [5.41, 5.74) is 0.748. The molecule has 0 aromatic carbocycles. The van der Waals surface area contributed by atoms with Crippen LogP contribution >= 0.6 is 11.3 Å². The first-order chi connectivity index (χ1) is 11.2. The van der Waals surface area contributed by atoms with Gasteiger partial charge in [-0.05, 0) is 25.5 Å². The largest absolute Gasteiger partial charge is 0.459 e. The van der Waals surface area contributed by atoms with Crippen LogP contribution in [0.5, 0.6) is 0 Å². The minimum atomic E-state index is -0.0490. The quantitative estimate of drug-likeness (QED) is 0.902. The van der Waals surface area contributed by atoms with Gasteiger partial charge in [0.15, 0.2) is 10.8 Å². The van der Waals surface area contributed by atoms with Gasteiger partial charge in [0.25, 0.3) is 0 Å². The molecule has 1 aliphatic rings. The summed E-state index contributed by atoms with van der Waals surface area (Å²) in [7, 11) is 0. The third kappa shape index (κ3) is 3.80. The van der Waals surface area contributed by atoms with Crippen molar-refractivity contribution >= 4 is 17.2 Å². The molecule has 1 N–H and O–H groups in total. The van der Waals surface area contributed by atoms with Crippen LogP contribution in [0.2, 0.25) is 0 Å². The van der Waals surface area contributed by atoms with Gasteiger partial charge in [-0.2, -0.15) is 0 Å². The van der Waals surface area contributed by atoms with E-state index < -0.39 is 0 Å². The van der Waals surface area contributed by atoms with Gasteiger partial charge in [0.1, 0.15) is 5.76 Å². The number of carbonyl (C=O) groups is 1. The van der Waals surface area contributed by atoms with E-state index in [2.05, 4.69) is 4.98 Å². The molecule has 124 valence electrons. The molecule has 0 saturated carbocycles. The van der Waals surface area contributed by atoms with E-state index in [9.17, 15) is 4.79 Å². The number of carbonyl (C=O) groups excluding carboxylic acids is 1. The summed E-state index contributed by atoms with van der Waals surface area (Å²) in [6.07, 6.45) is 0.803. The Morgan fingerprint density at radius 1 is 1.52 bits per heavy atom. The highest BCUT2D eigenvalue weighted by atomic mass is 32.1. The van der Waals surface area contributed by atoms with Crippen molar-refractivity contribution in [3.8, 4) is 10.8 Å².